The van der Waals surface area contributed by atoms with E-state index in [1.54, 1.807) is 0 Å². The number of hydrogen-bond donors (Lipinski definition) is 3. The van der Waals surface area contributed by atoms with Crippen LogP contribution < -0.4 is 5.32 Å². The van der Waals surface area contributed by atoms with Crippen LogP contribution >= 0.6 is 0 Å². The standard InChI is InChI=1S/C55H97NO5/c1-4-7-10-13-16-19-21-23-25-27-29-31-33-36-39-42-45-48-55(60)61-51(46-43-40-37-34-18-15-12-9-6-3)49-54(59)56-52(50-57)53(58)47-44-41-38-35-32-30-28-26-24-22-20-17-14-11-8-5-2/h7,10,15-16,18-19,23,25,29,31,36,39,51-53,57-58H,4-6,8-9,11-14,17,20-22,24,26-28,30,32-35,37-38,40-50H2,1-3H3,(H,56,59)/b10-7-,18-15-,19-16-,25-23-,31-29-,39-36-. The summed E-state index contributed by atoms with van der Waals surface area (Å²) in [6, 6.07) is -0.719. The van der Waals surface area contributed by atoms with E-state index in [1.807, 2.05) is 0 Å². The highest BCUT2D eigenvalue weighted by Crippen LogP contribution is 2.17. The van der Waals surface area contributed by atoms with Crippen LogP contribution in [0.4, 0.5) is 0 Å². The monoisotopic (exact) mass is 852 g/mol. The van der Waals surface area contributed by atoms with Gasteiger partial charge >= 0.3 is 5.97 Å². The van der Waals surface area contributed by atoms with Crippen LogP contribution in [0, 0.1) is 0 Å². The molecule has 0 saturated heterocycles. The smallest absolute Gasteiger partial charge is 0.306 e. The van der Waals surface area contributed by atoms with E-state index in [0.29, 0.717) is 25.7 Å². The molecule has 0 aromatic heterocycles. The van der Waals surface area contributed by atoms with Gasteiger partial charge in [-0.1, -0.05) is 216 Å². The highest BCUT2D eigenvalue weighted by atomic mass is 16.5. The second-order valence-corrected chi connectivity index (χ2v) is 17.2. The van der Waals surface area contributed by atoms with Gasteiger partial charge in [0.1, 0.15) is 6.10 Å². The molecular weight excluding hydrogens is 755 g/mol. The lowest BCUT2D eigenvalue weighted by Gasteiger charge is -2.24. The van der Waals surface area contributed by atoms with Crippen LogP contribution in [0.5, 0.6) is 0 Å². The predicted octanol–water partition coefficient (Wildman–Crippen LogP) is 15.4. The zero-order valence-corrected chi connectivity index (χ0v) is 40.0. The van der Waals surface area contributed by atoms with Gasteiger partial charge in [0.25, 0.3) is 0 Å². The maximum atomic E-state index is 13.2. The first-order valence-electron chi connectivity index (χ1n) is 25.7. The number of amides is 1. The summed E-state index contributed by atoms with van der Waals surface area (Å²) in [6.07, 6.45) is 61.2. The third-order valence-electron chi connectivity index (χ3n) is 11.3. The van der Waals surface area contributed by atoms with Gasteiger partial charge in [-0.25, -0.2) is 0 Å². The minimum absolute atomic E-state index is 0.0414. The lowest BCUT2D eigenvalue weighted by Crippen LogP contribution is -2.46. The molecule has 0 saturated carbocycles. The van der Waals surface area contributed by atoms with Crippen LogP contribution in [0.2, 0.25) is 0 Å². The minimum atomic E-state index is -0.803. The van der Waals surface area contributed by atoms with E-state index < -0.39 is 18.2 Å². The van der Waals surface area contributed by atoms with E-state index in [4.69, 9.17) is 4.74 Å². The number of hydrogen-bond acceptors (Lipinski definition) is 5. The quantitative estimate of drug-likeness (QED) is 0.0322. The van der Waals surface area contributed by atoms with E-state index in [9.17, 15) is 19.8 Å². The van der Waals surface area contributed by atoms with Crippen LogP contribution in [0.25, 0.3) is 0 Å². The number of carbonyl (C=O) groups excluding carboxylic acids is 2. The predicted molar refractivity (Wildman–Crippen MR) is 264 cm³/mol. The third-order valence-corrected chi connectivity index (χ3v) is 11.3. The van der Waals surface area contributed by atoms with Gasteiger partial charge in [-0.05, 0) is 83.5 Å². The zero-order chi connectivity index (χ0) is 44.5. The molecule has 0 spiro atoms. The molecule has 0 fully saturated rings. The van der Waals surface area contributed by atoms with Crippen molar-refractivity contribution in [3.05, 3.63) is 72.9 Å². The molecule has 0 aromatic carbocycles. The van der Waals surface area contributed by atoms with Crippen LogP contribution in [0.1, 0.15) is 239 Å². The fraction of sp³-hybridized carbons (Fsp3) is 0.745. The highest BCUT2D eigenvalue weighted by molar-refractivity contribution is 5.77. The van der Waals surface area contributed by atoms with E-state index in [0.717, 1.165) is 89.9 Å². The van der Waals surface area contributed by atoms with Gasteiger partial charge in [-0.15, -0.1) is 0 Å². The minimum Gasteiger partial charge on any atom is -0.462 e. The average Bonchev–Trinajstić information content (AvgIpc) is 3.25. The van der Waals surface area contributed by atoms with Gasteiger partial charge in [0.05, 0.1) is 25.2 Å². The molecule has 0 rings (SSSR count). The highest BCUT2D eigenvalue weighted by Gasteiger charge is 2.24. The first-order chi connectivity index (χ1) is 30.0. The van der Waals surface area contributed by atoms with Crippen LogP contribution in [-0.2, 0) is 14.3 Å². The summed E-state index contributed by atoms with van der Waals surface area (Å²) >= 11 is 0. The molecule has 3 unspecified atom stereocenters. The lowest BCUT2D eigenvalue weighted by molar-refractivity contribution is -0.151. The molecule has 0 radical (unpaired) electrons. The molecule has 0 aliphatic heterocycles. The van der Waals surface area contributed by atoms with Gasteiger partial charge in [-0.2, -0.15) is 0 Å². The van der Waals surface area contributed by atoms with Crippen molar-refractivity contribution in [2.24, 2.45) is 0 Å². The molecule has 352 valence electrons. The summed E-state index contributed by atoms with van der Waals surface area (Å²) in [6.45, 7) is 6.31. The first kappa shape index (κ1) is 58.3. The molecule has 6 nitrogen and oxygen atoms in total. The van der Waals surface area contributed by atoms with Gasteiger partial charge < -0.3 is 20.3 Å². The van der Waals surface area contributed by atoms with Crippen molar-refractivity contribution < 1.29 is 24.5 Å². The summed E-state index contributed by atoms with van der Waals surface area (Å²) in [5.74, 6) is -0.563. The Kier molecular flexibility index (Phi) is 46.2. The molecule has 0 aliphatic rings. The Morgan fingerprint density at radius 2 is 0.902 bits per heavy atom. The number of carbonyl (C=O) groups is 2. The summed E-state index contributed by atoms with van der Waals surface area (Å²) < 4.78 is 5.87. The maximum absolute atomic E-state index is 13.2. The van der Waals surface area contributed by atoms with Crippen molar-refractivity contribution in [3.63, 3.8) is 0 Å². The Labute approximate surface area is 377 Å². The number of esters is 1. The first-order valence-corrected chi connectivity index (χ1v) is 25.7. The number of aliphatic hydroxyl groups is 2. The van der Waals surface area contributed by atoms with E-state index in [-0.39, 0.29) is 24.9 Å². The fourth-order valence-corrected chi connectivity index (χ4v) is 7.39. The van der Waals surface area contributed by atoms with E-state index >= 15 is 0 Å². The van der Waals surface area contributed by atoms with Gasteiger partial charge in [-0.3, -0.25) is 9.59 Å². The zero-order valence-electron chi connectivity index (χ0n) is 40.0. The Morgan fingerprint density at radius 3 is 1.41 bits per heavy atom. The van der Waals surface area contributed by atoms with Crippen LogP contribution in [0.15, 0.2) is 72.9 Å². The lowest BCUT2D eigenvalue weighted by atomic mass is 10.0. The number of allylic oxidation sites excluding steroid dienone is 12. The average molecular weight is 852 g/mol. The number of nitrogens with one attached hydrogen (secondary N) is 1. The van der Waals surface area contributed by atoms with Crippen molar-refractivity contribution >= 4 is 11.9 Å². The third kappa shape index (κ3) is 43.7. The van der Waals surface area contributed by atoms with Gasteiger partial charge in [0.15, 0.2) is 0 Å². The van der Waals surface area contributed by atoms with Crippen LogP contribution in [-0.4, -0.2) is 46.9 Å². The number of ether oxygens (including phenoxy) is 1. The molecular formula is C55H97NO5. The largest absolute Gasteiger partial charge is 0.462 e. The molecule has 3 N–H and O–H groups in total. The molecule has 3 atom stereocenters. The normalized spacial score (nSPS) is 13.9. The summed E-state index contributed by atoms with van der Waals surface area (Å²) in [5.41, 5.74) is 0. The Bertz CT molecular complexity index is 1140. The van der Waals surface area contributed by atoms with Gasteiger partial charge in [0.2, 0.25) is 5.91 Å². The van der Waals surface area contributed by atoms with Crippen molar-refractivity contribution in [2.75, 3.05) is 6.61 Å². The summed E-state index contributed by atoms with van der Waals surface area (Å²) in [5, 5.41) is 23.7. The number of rotatable bonds is 45. The fourth-order valence-electron chi connectivity index (χ4n) is 7.39. The van der Waals surface area contributed by atoms with Crippen molar-refractivity contribution in [3.8, 4) is 0 Å². The van der Waals surface area contributed by atoms with Crippen molar-refractivity contribution in [1.29, 1.82) is 0 Å². The summed E-state index contributed by atoms with van der Waals surface area (Å²) in [4.78, 5) is 26.0. The molecule has 0 bridgehead atoms. The SMILES string of the molecule is CC/C=C\C/C=C\C/C=C\C/C=C\C/C=C\CCCC(=O)OC(CCCCC/C=C\CCCC)CC(=O)NC(CO)C(O)CCCCCCCCCCCCCCCCCC. The molecule has 0 aromatic rings. The van der Waals surface area contributed by atoms with Crippen LogP contribution in [0.3, 0.4) is 0 Å². The van der Waals surface area contributed by atoms with E-state index in [1.165, 1.54) is 96.3 Å². The second-order valence-electron chi connectivity index (χ2n) is 17.2. The molecule has 61 heavy (non-hydrogen) atoms. The number of aliphatic hydroxyl groups excluding tert-OH is 2. The Balaban J connectivity index is 4.54. The van der Waals surface area contributed by atoms with Gasteiger partial charge in [0, 0.05) is 6.42 Å². The Hall–Kier alpha value is -2.70. The Morgan fingerprint density at radius 1 is 0.492 bits per heavy atom. The second kappa shape index (κ2) is 48.3. The molecule has 0 aliphatic carbocycles. The number of unbranched alkanes of at least 4 members (excludes halogenated alkanes) is 21. The van der Waals surface area contributed by atoms with Crippen molar-refractivity contribution in [2.45, 2.75) is 257 Å². The topological polar surface area (TPSA) is 95.9 Å². The molecule has 1 amide bonds. The molecule has 0 heterocycles. The summed E-state index contributed by atoms with van der Waals surface area (Å²) in [7, 11) is 0. The van der Waals surface area contributed by atoms with E-state index in [2.05, 4.69) is 99.0 Å². The molecule has 6 heteroatoms. The van der Waals surface area contributed by atoms with Crippen molar-refractivity contribution in [1.82, 2.24) is 5.32 Å². The maximum Gasteiger partial charge on any atom is 0.306 e.